The summed E-state index contributed by atoms with van der Waals surface area (Å²) in [6, 6.07) is 0.330. The van der Waals surface area contributed by atoms with Gasteiger partial charge in [0.2, 0.25) is 6.39 Å². The van der Waals surface area contributed by atoms with Crippen molar-refractivity contribution in [2.75, 3.05) is 13.1 Å². The van der Waals surface area contributed by atoms with Crippen LogP contribution in [0.1, 0.15) is 24.7 Å². The van der Waals surface area contributed by atoms with Gasteiger partial charge in [-0.3, -0.25) is 4.90 Å². The third kappa shape index (κ3) is 1.62. The van der Waals surface area contributed by atoms with Crippen molar-refractivity contribution in [3.8, 4) is 0 Å². The van der Waals surface area contributed by atoms with E-state index < -0.39 is 0 Å². The summed E-state index contributed by atoms with van der Waals surface area (Å²) in [5, 5.41) is 3.87. The van der Waals surface area contributed by atoms with Crippen LogP contribution in [0.25, 0.3) is 0 Å². The molecule has 0 spiro atoms. The molecule has 4 heteroatoms. The molecule has 1 aromatic rings. The Morgan fingerprint density at radius 1 is 1.77 bits per heavy atom. The Kier molecular flexibility index (Phi) is 2.40. The second kappa shape index (κ2) is 3.70. The van der Waals surface area contributed by atoms with Gasteiger partial charge in [-0.25, -0.2) is 0 Å². The maximum Gasteiger partial charge on any atom is 0.213 e. The highest BCUT2D eigenvalue weighted by atomic mass is 16.5. The zero-order valence-electron chi connectivity index (χ0n) is 7.52. The molecule has 1 unspecified atom stereocenters. The Morgan fingerprint density at radius 2 is 2.69 bits per heavy atom. The maximum absolute atomic E-state index is 4.74. The Labute approximate surface area is 77.2 Å². The molecule has 2 rings (SSSR count). The number of likely N-dealkylation sites (tertiary alicyclic amines) is 1. The minimum Gasteiger partial charge on any atom is -0.343 e. The van der Waals surface area contributed by atoms with Gasteiger partial charge in [0.05, 0.1) is 6.04 Å². The van der Waals surface area contributed by atoms with E-state index in [0.29, 0.717) is 6.04 Å². The number of hydrogen-bond donors (Lipinski definition) is 0. The molecule has 1 aliphatic rings. The van der Waals surface area contributed by atoms with Crippen LogP contribution in [-0.4, -0.2) is 28.1 Å². The zero-order valence-corrected chi connectivity index (χ0v) is 7.52. The molecule has 1 aliphatic heterocycles. The van der Waals surface area contributed by atoms with E-state index in [0.717, 1.165) is 25.3 Å². The lowest BCUT2D eigenvalue weighted by Crippen LogP contribution is -2.23. The molecular formula is C9H13N3O. The standard InChI is InChI=1S/C9H13N3O/c1-2-5-12-6-3-4-8(12)9-10-7-13-11-9/h2,7-8H,1,3-6H2. The molecule has 0 aliphatic carbocycles. The van der Waals surface area contributed by atoms with E-state index in [-0.39, 0.29) is 0 Å². The summed E-state index contributed by atoms with van der Waals surface area (Å²) < 4.78 is 4.74. The predicted octanol–water partition coefficient (Wildman–Crippen LogP) is 1.39. The Morgan fingerprint density at radius 3 is 3.38 bits per heavy atom. The normalized spacial score (nSPS) is 23.5. The van der Waals surface area contributed by atoms with Crippen molar-refractivity contribution in [1.29, 1.82) is 0 Å². The minimum atomic E-state index is 0.330. The second-order valence-corrected chi connectivity index (χ2v) is 3.23. The average molecular weight is 179 g/mol. The molecule has 1 aromatic heterocycles. The van der Waals surface area contributed by atoms with E-state index in [1.54, 1.807) is 0 Å². The summed E-state index contributed by atoms with van der Waals surface area (Å²) >= 11 is 0. The molecule has 0 saturated carbocycles. The molecule has 1 fully saturated rings. The van der Waals surface area contributed by atoms with Crippen LogP contribution in [-0.2, 0) is 0 Å². The zero-order chi connectivity index (χ0) is 9.10. The van der Waals surface area contributed by atoms with Crippen LogP contribution in [0.15, 0.2) is 23.6 Å². The van der Waals surface area contributed by atoms with Crippen LogP contribution in [0.4, 0.5) is 0 Å². The molecule has 0 bridgehead atoms. The Balaban J connectivity index is 2.09. The van der Waals surface area contributed by atoms with Gasteiger partial charge in [-0.15, -0.1) is 6.58 Å². The van der Waals surface area contributed by atoms with Crippen LogP contribution in [0, 0.1) is 0 Å². The number of aromatic nitrogens is 2. The first-order valence-corrected chi connectivity index (χ1v) is 4.53. The van der Waals surface area contributed by atoms with E-state index in [4.69, 9.17) is 4.52 Å². The van der Waals surface area contributed by atoms with Crippen LogP contribution in [0.2, 0.25) is 0 Å². The quantitative estimate of drug-likeness (QED) is 0.657. The van der Waals surface area contributed by atoms with Gasteiger partial charge in [0.15, 0.2) is 5.82 Å². The monoisotopic (exact) mass is 179 g/mol. The van der Waals surface area contributed by atoms with Crippen molar-refractivity contribution in [3.05, 3.63) is 24.9 Å². The third-order valence-electron chi connectivity index (χ3n) is 2.40. The molecule has 1 atom stereocenters. The molecule has 0 aromatic carbocycles. The lowest BCUT2D eigenvalue weighted by atomic mass is 10.2. The fourth-order valence-electron chi connectivity index (χ4n) is 1.83. The van der Waals surface area contributed by atoms with Gasteiger partial charge in [0, 0.05) is 6.54 Å². The van der Waals surface area contributed by atoms with Crippen LogP contribution < -0.4 is 0 Å². The summed E-state index contributed by atoms with van der Waals surface area (Å²) in [6.45, 7) is 5.74. The van der Waals surface area contributed by atoms with Crippen molar-refractivity contribution in [3.63, 3.8) is 0 Å². The fourth-order valence-corrected chi connectivity index (χ4v) is 1.83. The molecule has 0 N–H and O–H groups in total. The summed E-state index contributed by atoms with van der Waals surface area (Å²) in [4.78, 5) is 6.39. The van der Waals surface area contributed by atoms with Crippen molar-refractivity contribution in [2.24, 2.45) is 0 Å². The topological polar surface area (TPSA) is 42.2 Å². The SMILES string of the molecule is C=CCN1CCCC1c1ncon1. The summed E-state index contributed by atoms with van der Waals surface area (Å²) in [7, 11) is 0. The predicted molar refractivity (Wildman–Crippen MR) is 48.0 cm³/mol. The van der Waals surface area contributed by atoms with Gasteiger partial charge >= 0.3 is 0 Å². The van der Waals surface area contributed by atoms with Crippen LogP contribution >= 0.6 is 0 Å². The van der Waals surface area contributed by atoms with Gasteiger partial charge in [0.25, 0.3) is 0 Å². The lowest BCUT2D eigenvalue weighted by molar-refractivity contribution is 0.267. The van der Waals surface area contributed by atoms with E-state index >= 15 is 0 Å². The van der Waals surface area contributed by atoms with Gasteiger partial charge in [-0.1, -0.05) is 11.2 Å². The van der Waals surface area contributed by atoms with Crippen molar-refractivity contribution >= 4 is 0 Å². The Bertz CT molecular complexity index is 270. The maximum atomic E-state index is 4.74. The summed E-state index contributed by atoms with van der Waals surface area (Å²) in [6.07, 6.45) is 5.62. The van der Waals surface area contributed by atoms with E-state index in [2.05, 4.69) is 21.6 Å². The first-order chi connectivity index (χ1) is 6.42. The smallest absolute Gasteiger partial charge is 0.213 e. The Hall–Kier alpha value is -1.16. The number of nitrogens with zero attached hydrogens (tertiary/aromatic N) is 3. The number of rotatable bonds is 3. The third-order valence-corrected chi connectivity index (χ3v) is 2.40. The van der Waals surface area contributed by atoms with Crippen LogP contribution in [0.5, 0.6) is 0 Å². The molecule has 13 heavy (non-hydrogen) atoms. The lowest BCUT2D eigenvalue weighted by Gasteiger charge is -2.19. The van der Waals surface area contributed by atoms with E-state index in [1.165, 1.54) is 12.8 Å². The van der Waals surface area contributed by atoms with Gasteiger partial charge in [-0.2, -0.15) is 4.98 Å². The van der Waals surface area contributed by atoms with Crippen molar-refractivity contribution in [2.45, 2.75) is 18.9 Å². The van der Waals surface area contributed by atoms with Gasteiger partial charge < -0.3 is 4.52 Å². The molecular weight excluding hydrogens is 166 g/mol. The molecule has 0 radical (unpaired) electrons. The first kappa shape index (κ1) is 8.44. The average Bonchev–Trinajstić information content (AvgIpc) is 2.71. The second-order valence-electron chi connectivity index (χ2n) is 3.23. The first-order valence-electron chi connectivity index (χ1n) is 4.53. The highest BCUT2D eigenvalue weighted by molar-refractivity contribution is 4.96. The molecule has 2 heterocycles. The number of hydrogen-bond acceptors (Lipinski definition) is 4. The molecule has 0 amide bonds. The van der Waals surface area contributed by atoms with Crippen molar-refractivity contribution < 1.29 is 4.52 Å². The van der Waals surface area contributed by atoms with E-state index in [9.17, 15) is 0 Å². The van der Waals surface area contributed by atoms with E-state index in [1.807, 2.05) is 6.08 Å². The van der Waals surface area contributed by atoms with Crippen LogP contribution in [0.3, 0.4) is 0 Å². The highest BCUT2D eigenvalue weighted by Crippen LogP contribution is 2.28. The summed E-state index contributed by atoms with van der Waals surface area (Å²) in [5.74, 6) is 0.805. The fraction of sp³-hybridized carbons (Fsp3) is 0.556. The minimum absolute atomic E-state index is 0.330. The van der Waals surface area contributed by atoms with Crippen molar-refractivity contribution in [1.82, 2.24) is 15.0 Å². The highest BCUT2D eigenvalue weighted by Gasteiger charge is 2.27. The largest absolute Gasteiger partial charge is 0.343 e. The summed E-state index contributed by atoms with van der Waals surface area (Å²) in [5.41, 5.74) is 0. The molecule has 1 saturated heterocycles. The molecule has 4 nitrogen and oxygen atoms in total. The van der Waals surface area contributed by atoms with Gasteiger partial charge in [-0.05, 0) is 19.4 Å². The molecule has 70 valence electrons. The van der Waals surface area contributed by atoms with Gasteiger partial charge in [0.1, 0.15) is 0 Å².